The van der Waals surface area contributed by atoms with Crippen LogP contribution in [0.2, 0.25) is 0 Å². The third-order valence-electron chi connectivity index (χ3n) is 5.88. The minimum Gasteiger partial charge on any atom is -0.354 e. The van der Waals surface area contributed by atoms with E-state index in [2.05, 4.69) is 52.0 Å². The van der Waals surface area contributed by atoms with Crippen LogP contribution in [0.15, 0.2) is 112 Å². The quantitative estimate of drug-likeness (QED) is 0.143. The molecule has 3 N–H and O–H groups in total. The first-order valence-corrected chi connectivity index (χ1v) is 14.3. The van der Waals surface area contributed by atoms with E-state index in [4.69, 9.17) is 0 Å². The van der Waals surface area contributed by atoms with Crippen molar-refractivity contribution in [1.29, 1.82) is 0 Å². The molecule has 0 saturated heterocycles. The lowest BCUT2D eigenvalue weighted by atomic mass is 10.1. The van der Waals surface area contributed by atoms with Crippen LogP contribution in [0, 0.1) is 0 Å². The van der Waals surface area contributed by atoms with E-state index in [0.717, 1.165) is 43.0 Å². The number of nitrogens with one attached hydrogen (secondary N) is 3. The molecule has 0 saturated carbocycles. The summed E-state index contributed by atoms with van der Waals surface area (Å²) < 4.78 is 2.24. The Morgan fingerprint density at radius 3 is 2.49 bits per heavy atom. The van der Waals surface area contributed by atoms with E-state index < -0.39 is 0 Å². The zero-order chi connectivity index (χ0) is 25.2. The maximum absolute atomic E-state index is 12.7. The van der Waals surface area contributed by atoms with Gasteiger partial charge in [0.25, 0.3) is 5.91 Å². The van der Waals surface area contributed by atoms with Gasteiger partial charge in [0.15, 0.2) is 4.34 Å². The summed E-state index contributed by atoms with van der Waals surface area (Å²) in [7, 11) is 0. The van der Waals surface area contributed by atoms with Crippen LogP contribution in [-0.4, -0.2) is 10.9 Å². The minimum atomic E-state index is -0.216. The van der Waals surface area contributed by atoms with Gasteiger partial charge < -0.3 is 5.32 Å². The fourth-order valence-corrected chi connectivity index (χ4v) is 6.91. The number of hydrazine groups is 1. The van der Waals surface area contributed by atoms with Crippen molar-refractivity contribution >= 4 is 68.1 Å². The summed E-state index contributed by atoms with van der Waals surface area (Å²) in [5.74, 6) is 0.582. The first-order chi connectivity index (χ1) is 18.1. The number of hydrogen-bond acceptors (Lipinski definition) is 7. The molecule has 37 heavy (non-hydrogen) atoms. The van der Waals surface area contributed by atoms with Gasteiger partial charge in [0.2, 0.25) is 0 Å². The number of hydrogen-bond donors (Lipinski definition) is 3. The first kappa shape index (κ1) is 23.7. The van der Waals surface area contributed by atoms with Crippen LogP contribution in [0.3, 0.4) is 0 Å². The summed E-state index contributed by atoms with van der Waals surface area (Å²) in [6.07, 6.45) is 0. The largest absolute Gasteiger partial charge is 0.354 e. The lowest BCUT2D eigenvalue weighted by Gasteiger charge is -2.22. The summed E-state index contributed by atoms with van der Waals surface area (Å²) in [6.45, 7) is 4.10. The average Bonchev–Trinajstić information content (AvgIpc) is 3.36. The van der Waals surface area contributed by atoms with E-state index in [1.54, 1.807) is 34.9 Å². The molecular weight excluding hydrogens is 517 g/mol. The van der Waals surface area contributed by atoms with E-state index in [9.17, 15) is 4.79 Å². The molecule has 0 radical (unpaired) electrons. The molecule has 0 atom stereocenters. The Labute approximate surface area is 227 Å². The molecule has 5 aromatic rings. The number of rotatable bonds is 7. The molecule has 1 aliphatic heterocycles. The molecule has 0 fully saturated rings. The lowest BCUT2D eigenvalue weighted by molar-refractivity contribution is 0.0942. The maximum atomic E-state index is 12.7. The Balaban J connectivity index is 1.03. The minimum absolute atomic E-state index is 0.216. The van der Waals surface area contributed by atoms with Gasteiger partial charge in [-0.2, -0.15) is 0 Å². The van der Waals surface area contributed by atoms with Crippen LogP contribution in [0.4, 0.5) is 11.4 Å². The second-order valence-electron chi connectivity index (χ2n) is 8.42. The summed E-state index contributed by atoms with van der Waals surface area (Å²) in [4.78, 5) is 19.7. The van der Waals surface area contributed by atoms with Crippen molar-refractivity contribution in [2.24, 2.45) is 0 Å². The highest BCUT2D eigenvalue weighted by atomic mass is 32.2. The van der Waals surface area contributed by atoms with E-state index in [1.807, 2.05) is 66.7 Å². The highest BCUT2D eigenvalue weighted by Gasteiger charge is 2.16. The maximum Gasteiger partial charge on any atom is 0.269 e. The van der Waals surface area contributed by atoms with E-state index in [1.165, 1.54) is 9.60 Å². The van der Waals surface area contributed by atoms with Crippen molar-refractivity contribution in [3.8, 4) is 0 Å². The molecule has 0 spiro atoms. The number of nitrogens with zero attached hydrogens (tertiary/aromatic N) is 1. The summed E-state index contributed by atoms with van der Waals surface area (Å²) >= 11 is 5.15. The number of thioether (sulfide) groups is 1. The van der Waals surface area contributed by atoms with E-state index in [0.29, 0.717) is 11.3 Å². The van der Waals surface area contributed by atoms with Crippen molar-refractivity contribution in [3.05, 3.63) is 114 Å². The SMILES string of the molecule is C=C(NNC(=O)c1ccc(CSc2nc3ccccc3s2)cc1)c1ccc2c(c1)Nc1ccccc1S2. The monoisotopic (exact) mass is 538 g/mol. The molecular formula is C29H22N4OS3. The zero-order valence-electron chi connectivity index (χ0n) is 19.7. The molecule has 8 heteroatoms. The van der Waals surface area contributed by atoms with Crippen molar-refractivity contribution in [3.63, 3.8) is 0 Å². The fourth-order valence-electron chi connectivity index (χ4n) is 3.91. The molecule has 1 aliphatic rings. The lowest BCUT2D eigenvalue weighted by Crippen LogP contribution is -2.35. The molecule has 182 valence electrons. The number of aromatic nitrogens is 1. The molecule has 4 aromatic carbocycles. The smallest absolute Gasteiger partial charge is 0.269 e. The number of fused-ring (bicyclic) bond motifs is 3. The van der Waals surface area contributed by atoms with Gasteiger partial charge in [-0.15, -0.1) is 11.3 Å². The zero-order valence-corrected chi connectivity index (χ0v) is 22.1. The molecule has 1 aromatic heterocycles. The third-order valence-corrected chi connectivity index (χ3v) is 9.29. The van der Waals surface area contributed by atoms with Crippen molar-refractivity contribution in [2.75, 3.05) is 5.32 Å². The molecule has 0 unspecified atom stereocenters. The average molecular weight is 539 g/mol. The van der Waals surface area contributed by atoms with Gasteiger partial charge in [0, 0.05) is 26.7 Å². The highest BCUT2D eigenvalue weighted by Crippen LogP contribution is 2.44. The Morgan fingerprint density at radius 1 is 0.865 bits per heavy atom. The molecule has 2 heterocycles. The number of anilines is 2. The Bertz CT molecular complexity index is 1600. The Kier molecular flexibility index (Phi) is 6.61. The van der Waals surface area contributed by atoms with Crippen LogP contribution >= 0.6 is 34.9 Å². The normalized spacial score (nSPS) is 11.8. The number of thiazole rings is 1. The van der Waals surface area contributed by atoms with Crippen molar-refractivity contribution in [1.82, 2.24) is 15.8 Å². The summed E-state index contributed by atoms with van der Waals surface area (Å²) in [6, 6.07) is 30.1. The Morgan fingerprint density at radius 2 is 1.62 bits per heavy atom. The van der Waals surface area contributed by atoms with Crippen molar-refractivity contribution < 1.29 is 4.79 Å². The van der Waals surface area contributed by atoms with Crippen LogP contribution in [0.5, 0.6) is 0 Å². The Hall–Kier alpha value is -3.72. The van der Waals surface area contributed by atoms with Crippen LogP contribution in [0.1, 0.15) is 21.5 Å². The van der Waals surface area contributed by atoms with E-state index in [-0.39, 0.29) is 5.91 Å². The molecule has 5 nitrogen and oxygen atoms in total. The number of carbonyl (C=O) groups is 1. The van der Waals surface area contributed by atoms with Gasteiger partial charge in [-0.1, -0.05) is 72.6 Å². The summed E-state index contributed by atoms with van der Waals surface area (Å²) in [5, 5.41) is 3.48. The van der Waals surface area contributed by atoms with Gasteiger partial charge >= 0.3 is 0 Å². The predicted octanol–water partition coefficient (Wildman–Crippen LogP) is 7.70. The standard InChI is InChI=1S/C29H22N4OS3/c1-18(21-14-15-27-24(16-21)30-22-6-2-4-8-25(22)36-27)32-33-28(34)20-12-10-19(11-13-20)17-35-29-31-23-7-3-5-9-26(23)37-29/h2-16,30,32H,1,17H2,(H,33,34). The molecule has 0 bridgehead atoms. The second-order valence-corrected chi connectivity index (χ2v) is 11.8. The van der Waals surface area contributed by atoms with Crippen LogP contribution < -0.4 is 16.2 Å². The van der Waals surface area contributed by atoms with Crippen LogP contribution in [-0.2, 0) is 5.75 Å². The van der Waals surface area contributed by atoms with E-state index >= 15 is 0 Å². The van der Waals surface area contributed by atoms with Gasteiger partial charge in [-0.3, -0.25) is 15.6 Å². The van der Waals surface area contributed by atoms with Crippen LogP contribution in [0.25, 0.3) is 15.9 Å². The third kappa shape index (κ3) is 5.22. The van der Waals surface area contributed by atoms with Gasteiger partial charge in [-0.05, 0) is 54.1 Å². The number of amides is 1. The first-order valence-electron chi connectivity index (χ1n) is 11.6. The molecule has 0 aliphatic carbocycles. The number of carbonyl (C=O) groups excluding carboxylic acids is 1. The highest BCUT2D eigenvalue weighted by molar-refractivity contribution is 8.00. The van der Waals surface area contributed by atoms with Gasteiger partial charge in [0.1, 0.15) is 0 Å². The number of benzene rings is 4. The molecule has 6 rings (SSSR count). The second kappa shape index (κ2) is 10.3. The van der Waals surface area contributed by atoms with Gasteiger partial charge in [-0.25, -0.2) is 4.98 Å². The topological polar surface area (TPSA) is 66.0 Å². The fraction of sp³-hybridized carbons (Fsp3) is 0.0345. The predicted molar refractivity (Wildman–Crippen MR) is 156 cm³/mol. The number of para-hydroxylation sites is 2. The molecule has 1 amide bonds. The van der Waals surface area contributed by atoms with Crippen molar-refractivity contribution in [2.45, 2.75) is 19.9 Å². The van der Waals surface area contributed by atoms with Gasteiger partial charge in [0.05, 0.1) is 27.3 Å². The summed E-state index contributed by atoms with van der Waals surface area (Å²) in [5.41, 5.74) is 12.1.